The quantitative estimate of drug-likeness (QED) is 0.413. The zero-order valence-electron chi connectivity index (χ0n) is 19.4. The molecule has 176 valence electrons. The van der Waals surface area contributed by atoms with Gasteiger partial charge < -0.3 is 14.9 Å². The van der Waals surface area contributed by atoms with Gasteiger partial charge in [0.2, 0.25) is 0 Å². The smallest absolute Gasteiger partial charge is 0.0761 e. The Bertz CT molecular complexity index is 789. The van der Waals surface area contributed by atoms with Crippen molar-refractivity contribution in [2.24, 2.45) is 17.8 Å². The van der Waals surface area contributed by atoms with Crippen LogP contribution in [0.15, 0.2) is 48.1 Å². The van der Waals surface area contributed by atoms with Crippen LogP contribution in [0.2, 0.25) is 0 Å². The molecule has 5 heteroatoms. The van der Waals surface area contributed by atoms with Gasteiger partial charge in [0.15, 0.2) is 0 Å². The van der Waals surface area contributed by atoms with E-state index < -0.39 is 6.10 Å². The summed E-state index contributed by atoms with van der Waals surface area (Å²) in [6.07, 6.45) is 9.50. The third-order valence-electron chi connectivity index (χ3n) is 7.19. The number of benzene rings is 1. The van der Waals surface area contributed by atoms with Crippen LogP contribution in [0.25, 0.3) is 0 Å². The van der Waals surface area contributed by atoms with Crippen LogP contribution in [0.1, 0.15) is 30.4 Å². The molecule has 0 amide bonds. The lowest BCUT2D eigenvalue weighted by Gasteiger charge is -2.26. The number of morpholine rings is 1. The maximum Gasteiger partial charge on any atom is 0.0761 e. The summed E-state index contributed by atoms with van der Waals surface area (Å²) in [5.41, 5.74) is 3.93. The average molecular weight is 458 g/mol. The monoisotopic (exact) mass is 457 g/mol. The van der Waals surface area contributed by atoms with Crippen LogP contribution < -0.4 is 0 Å². The summed E-state index contributed by atoms with van der Waals surface area (Å²) in [5, 5.41) is 21.1. The third-order valence-corrected chi connectivity index (χ3v) is 8.34. The fourth-order valence-electron chi connectivity index (χ4n) is 5.54. The number of thioether (sulfide) groups is 1. The van der Waals surface area contributed by atoms with Gasteiger partial charge in [-0.3, -0.25) is 4.90 Å². The molecule has 0 aromatic heterocycles. The first-order chi connectivity index (χ1) is 15.6. The minimum Gasteiger partial charge on any atom is -0.392 e. The van der Waals surface area contributed by atoms with Crippen LogP contribution >= 0.6 is 11.8 Å². The Kier molecular flexibility index (Phi) is 8.90. The van der Waals surface area contributed by atoms with Gasteiger partial charge in [0, 0.05) is 31.2 Å². The van der Waals surface area contributed by atoms with E-state index in [0.717, 1.165) is 50.5 Å². The van der Waals surface area contributed by atoms with Gasteiger partial charge >= 0.3 is 0 Å². The van der Waals surface area contributed by atoms with Crippen LogP contribution in [-0.2, 0) is 11.2 Å². The Hall–Kier alpha value is -1.11. The fourth-order valence-corrected chi connectivity index (χ4v) is 6.49. The maximum absolute atomic E-state index is 10.6. The lowest BCUT2D eigenvalue weighted by molar-refractivity contribution is 0.0381. The lowest BCUT2D eigenvalue weighted by Crippen LogP contribution is -2.36. The van der Waals surface area contributed by atoms with Crippen molar-refractivity contribution < 1.29 is 14.9 Å². The maximum atomic E-state index is 10.6. The molecular weight excluding hydrogens is 418 g/mol. The zero-order valence-corrected chi connectivity index (χ0v) is 20.2. The molecule has 0 unspecified atom stereocenters. The molecule has 0 radical (unpaired) electrons. The van der Waals surface area contributed by atoms with Crippen LogP contribution in [-0.4, -0.2) is 71.7 Å². The van der Waals surface area contributed by atoms with Crippen molar-refractivity contribution in [3.8, 4) is 0 Å². The highest BCUT2D eigenvalue weighted by molar-refractivity contribution is 7.99. The van der Waals surface area contributed by atoms with E-state index in [9.17, 15) is 10.2 Å². The molecule has 1 aliphatic heterocycles. The Morgan fingerprint density at radius 2 is 2.12 bits per heavy atom. The predicted octanol–water partition coefficient (Wildman–Crippen LogP) is 3.85. The third kappa shape index (κ3) is 6.71. The van der Waals surface area contributed by atoms with E-state index in [1.807, 2.05) is 12.1 Å². The normalized spacial score (nSPS) is 29.4. The number of fused-ring (bicyclic) bond motifs is 1. The Morgan fingerprint density at radius 1 is 1.28 bits per heavy atom. The van der Waals surface area contributed by atoms with Gasteiger partial charge in [-0.05, 0) is 55.9 Å². The highest BCUT2D eigenvalue weighted by Gasteiger charge is 2.43. The van der Waals surface area contributed by atoms with Gasteiger partial charge in [0.25, 0.3) is 0 Å². The van der Waals surface area contributed by atoms with E-state index in [-0.39, 0.29) is 12.0 Å². The number of ether oxygens (including phenoxy) is 1. The van der Waals surface area contributed by atoms with Crippen LogP contribution in [0, 0.1) is 24.7 Å². The van der Waals surface area contributed by atoms with Gasteiger partial charge in [0.05, 0.1) is 25.4 Å². The van der Waals surface area contributed by atoms with Gasteiger partial charge in [-0.1, -0.05) is 53.6 Å². The molecule has 2 aliphatic carbocycles. The summed E-state index contributed by atoms with van der Waals surface area (Å²) in [7, 11) is 0. The van der Waals surface area contributed by atoms with Crippen molar-refractivity contribution in [2.75, 3.05) is 44.4 Å². The predicted molar refractivity (Wildman–Crippen MR) is 133 cm³/mol. The Morgan fingerprint density at radius 3 is 2.94 bits per heavy atom. The summed E-state index contributed by atoms with van der Waals surface area (Å²) >= 11 is 2.05. The van der Waals surface area contributed by atoms with E-state index in [1.54, 1.807) is 5.57 Å². The van der Waals surface area contributed by atoms with Gasteiger partial charge in [-0.15, -0.1) is 0 Å². The van der Waals surface area contributed by atoms with Crippen molar-refractivity contribution in [1.29, 1.82) is 0 Å². The molecule has 0 spiro atoms. The second-order valence-electron chi connectivity index (χ2n) is 9.74. The first-order valence-corrected chi connectivity index (χ1v) is 13.4. The number of allylic oxidation sites excluding steroid dienone is 1. The van der Waals surface area contributed by atoms with E-state index >= 15 is 0 Å². The molecule has 0 bridgehead atoms. The Labute approximate surface area is 197 Å². The largest absolute Gasteiger partial charge is 0.392 e. The standard InChI is InChI=1S/C27H39NO3S/c1-20-4-2-5-21(14-20)16-24(29)6-7-25-26-17-22(15-23(26)18-27(25)30)19-32-13-3-8-28-9-11-31-12-10-28/h2,4-7,14-15,23-27,29-30H,3,8-13,16-19H2,1H3/t23-,24+,25+,26-,27+/m0/s1. The molecule has 4 rings (SSSR count). The van der Waals surface area contributed by atoms with Gasteiger partial charge in [-0.25, -0.2) is 0 Å². The number of aryl methyl sites for hydroxylation is 1. The minimum atomic E-state index is -0.501. The molecule has 5 atom stereocenters. The zero-order chi connectivity index (χ0) is 22.3. The number of nitrogens with zero attached hydrogens (tertiary/aromatic N) is 1. The molecule has 1 heterocycles. The summed E-state index contributed by atoms with van der Waals surface area (Å²) < 4.78 is 5.42. The second kappa shape index (κ2) is 11.8. The summed E-state index contributed by atoms with van der Waals surface area (Å²) in [6.45, 7) is 7.19. The SMILES string of the molecule is Cc1cccc(C[C@H](O)C=C[C@@H]2[C@H]3CC(CSCCCN4CCOCC4)=C[C@H]3C[C@H]2O)c1. The number of rotatable bonds is 10. The molecule has 2 N–H and O–H groups in total. The molecule has 3 aliphatic rings. The minimum absolute atomic E-state index is 0.159. The van der Waals surface area contributed by atoms with Crippen molar-refractivity contribution in [2.45, 2.75) is 44.8 Å². The second-order valence-corrected chi connectivity index (χ2v) is 10.8. The number of hydrogen-bond acceptors (Lipinski definition) is 5. The molecule has 4 nitrogen and oxygen atoms in total. The average Bonchev–Trinajstić information content (AvgIpc) is 3.29. The first-order valence-electron chi connectivity index (χ1n) is 12.3. The van der Waals surface area contributed by atoms with Crippen molar-refractivity contribution in [3.05, 3.63) is 59.2 Å². The van der Waals surface area contributed by atoms with Crippen LogP contribution in [0.5, 0.6) is 0 Å². The highest BCUT2D eigenvalue weighted by Crippen LogP contribution is 2.47. The lowest BCUT2D eigenvalue weighted by atomic mass is 9.89. The summed E-state index contributed by atoms with van der Waals surface area (Å²) in [5.74, 6) is 3.49. The number of aliphatic hydroxyl groups is 2. The summed E-state index contributed by atoms with van der Waals surface area (Å²) in [6, 6.07) is 8.31. The molecule has 1 aromatic rings. The van der Waals surface area contributed by atoms with Crippen molar-refractivity contribution >= 4 is 11.8 Å². The van der Waals surface area contributed by atoms with E-state index in [4.69, 9.17) is 4.74 Å². The highest BCUT2D eigenvalue weighted by atomic mass is 32.2. The van der Waals surface area contributed by atoms with Crippen LogP contribution in [0.3, 0.4) is 0 Å². The van der Waals surface area contributed by atoms with Gasteiger partial charge in [-0.2, -0.15) is 11.8 Å². The van der Waals surface area contributed by atoms with Crippen molar-refractivity contribution in [1.82, 2.24) is 4.90 Å². The molecule has 1 saturated carbocycles. The molecule has 1 saturated heterocycles. The molecule has 32 heavy (non-hydrogen) atoms. The van der Waals surface area contributed by atoms with E-state index in [2.05, 4.69) is 53.9 Å². The molecule has 2 fully saturated rings. The summed E-state index contributed by atoms with van der Waals surface area (Å²) in [4.78, 5) is 2.51. The Balaban J connectivity index is 1.19. The first kappa shape index (κ1) is 24.0. The van der Waals surface area contributed by atoms with Crippen LogP contribution in [0.4, 0.5) is 0 Å². The topological polar surface area (TPSA) is 52.9 Å². The molecular formula is C27H39NO3S. The fraction of sp³-hybridized carbons (Fsp3) is 0.630. The molecule has 1 aromatic carbocycles. The number of hydrogen-bond donors (Lipinski definition) is 2. The van der Waals surface area contributed by atoms with E-state index in [0.29, 0.717) is 18.3 Å². The van der Waals surface area contributed by atoms with Gasteiger partial charge in [0.1, 0.15) is 0 Å². The number of aliphatic hydroxyl groups excluding tert-OH is 2. The van der Waals surface area contributed by atoms with Crippen molar-refractivity contribution in [3.63, 3.8) is 0 Å². The van der Waals surface area contributed by atoms with E-state index in [1.165, 1.54) is 24.3 Å².